The molecule has 1 saturated carbocycles. The van der Waals surface area contributed by atoms with Gasteiger partial charge >= 0.3 is 0 Å². The van der Waals surface area contributed by atoms with Gasteiger partial charge in [0.05, 0.1) is 24.0 Å². The van der Waals surface area contributed by atoms with E-state index in [9.17, 15) is 22.8 Å². The summed E-state index contributed by atoms with van der Waals surface area (Å²) in [6, 6.07) is -0.124. The van der Waals surface area contributed by atoms with Gasteiger partial charge in [0.2, 0.25) is 17.7 Å². The van der Waals surface area contributed by atoms with Crippen molar-refractivity contribution in [2.75, 3.05) is 24.6 Å². The maximum Gasteiger partial charge on any atom is 0.239 e. The fraction of sp³-hybridized carbons (Fsp3) is 0.824. The third kappa shape index (κ3) is 4.75. The molecular formula is C17H27N3O5S. The highest BCUT2D eigenvalue weighted by molar-refractivity contribution is 7.91. The van der Waals surface area contributed by atoms with Crippen LogP contribution in [-0.2, 0) is 24.2 Å². The first-order valence-electron chi connectivity index (χ1n) is 9.41. The van der Waals surface area contributed by atoms with Gasteiger partial charge in [-0.05, 0) is 19.3 Å². The second-order valence-electron chi connectivity index (χ2n) is 7.62. The van der Waals surface area contributed by atoms with Crippen LogP contribution in [0.25, 0.3) is 0 Å². The summed E-state index contributed by atoms with van der Waals surface area (Å²) in [7, 11) is -3.05. The van der Waals surface area contributed by atoms with E-state index in [4.69, 9.17) is 0 Å². The highest BCUT2D eigenvalue weighted by Crippen LogP contribution is 2.28. The molecule has 3 aliphatic rings. The van der Waals surface area contributed by atoms with E-state index >= 15 is 0 Å². The van der Waals surface area contributed by atoms with E-state index in [0.717, 1.165) is 25.7 Å². The van der Waals surface area contributed by atoms with E-state index in [1.807, 2.05) is 4.90 Å². The average molecular weight is 385 g/mol. The summed E-state index contributed by atoms with van der Waals surface area (Å²) in [4.78, 5) is 38.3. The molecular weight excluding hydrogens is 358 g/mol. The number of amides is 3. The van der Waals surface area contributed by atoms with Crippen LogP contribution in [0.5, 0.6) is 0 Å². The molecule has 2 atom stereocenters. The van der Waals surface area contributed by atoms with Gasteiger partial charge in [0.1, 0.15) is 0 Å². The van der Waals surface area contributed by atoms with Crippen LogP contribution >= 0.6 is 0 Å². The van der Waals surface area contributed by atoms with Crippen molar-refractivity contribution in [1.29, 1.82) is 0 Å². The van der Waals surface area contributed by atoms with Crippen molar-refractivity contribution >= 4 is 27.6 Å². The first-order valence-corrected chi connectivity index (χ1v) is 11.2. The SMILES string of the molecule is O=C(CNC(=O)C1CC(=O)N(C2CCCCC2)C1)NC1CCS(=O)(=O)C1. The van der Waals surface area contributed by atoms with Gasteiger partial charge in [-0.1, -0.05) is 19.3 Å². The van der Waals surface area contributed by atoms with Crippen LogP contribution < -0.4 is 10.6 Å². The summed E-state index contributed by atoms with van der Waals surface area (Å²) in [5.41, 5.74) is 0. The first kappa shape index (κ1) is 19.1. The number of rotatable bonds is 5. The Morgan fingerprint density at radius 3 is 2.50 bits per heavy atom. The lowest BCUT2D eigenvalue weighted by Crippen LogP contribution is -2.44. The maximum atomic E-state index is 12.3. The number of carbonyl (C=O) groups excluding carboxylic acids is 3. The predicted molar refractivity (Wildman–Crippen MR) is 94.9 cm³/mol. The molecule has 26 heavy (non-hydrogen) atoms. The zero-order valence-corrected chi connectivity index (χ0v) is 15.7. The fourth-order valence-electron chi connectivity index (χ4n) is 4.15. The van der Waals surface area contributed by atoms with Gasteiger partial charge in [-0.2, -0.15) is 0 Å². The Labute approximate surface area is 154 Å². The molecule has 2 saturated heterocycles. The zero-order chi connectivity index (χ0) is 18.7. The molecule has 0 bridgehead atoms. The molecule has 1 aliphatic carbocycles. The lowest BCUT2D eigenvalue weighted by molar-refractivity contribution is -0.130. The molecule has 0 aromatic heterocycles. The smallest absolute Gasteiger partial charge is 0.239 e. The number of hydrogen-bond donors (Lipinski definition) is 2. The molecule has 2 unspecified atom stereocenters. The molecule has 2 heterocycles. The Morgan fingerprint density at radius 2 is 1.85 bits per heavy atom. The van der Waals surface area contributed by atoms with E-state index in [1.165, 1.54) is 6.42 Å². The van der Waals surface area contributed by atoms with Gasteiger partial charge in [-0.15, -0.1) is 0 Å². The molecule has 0 aromatic carbocycles. The largest absolute Gasteiger partial charge is 0.351 e. The van der Waals surface area contributed by atoms with Crippen LogP contribution in [0.15, 0.2) is 0 Å². The summed E-state index contributed by atoms with van der Waals surface area (Å²) in [5.74, 6) is -1.02. The van der Waals surface area contributed by atoms with Crippen molar-refractivity contribution in [2.24, 2.45) is 5.92 Å². The van der Waals surface area contributed by atoms with Crippen molar-refractivity contribution in [2.45, 2.75) is 57.0 Å². The molecule has 0 spiro atoms. The molecule has 0 radical (unpaired) electrons. The van der Waals surface area contributed by atoms with Crippen LogP contribution in [0.2, 0.25) is 0 Å². The molecule has 3 fully saturated rings. The summed E-state index contributed by atoms with van der Waals surface area (Å²) >= 11 is 0. The van der Waals surface area contributed by atoms with Crippen molar-refractivity contribution in [3.63, 3.8) is 0 Å². The monoisotopic (exact) mass is 385 g/mol. The van der Waals surface area contributed by atoms with Gasteiger partial charge < -0.3 is 15.5 Å². The van der Waals surface area contributed by atoms with Crippen molar-refractivity contribution in [3.8, 4) is 0 Å². The summed E-state index contributed by atoms with van der Waals surface area (Å²) in [6.45, 7) is 0.237. The van der Waals surface area contributed by atoms with Crippen LogP contribution in [0.3, 0.4) is 0 Å². The van der Waals surface area contributed by atoms with E-state index < -0.39 is 21.7 Å². The highest BCUT2D eigenvalue weighted by atomic mass is 32.2. The second kappa shape index (κ2) is 7.94. The van der Waals surface area contributed by atoms with E-state index in [-0.39, 0.29) is 48.4 Å². The molecule has 3 rings (SSSR count). The van der Waals surface area contributed by atoms with Crippen molar-refractivity contribution in [3.05, 3.63) is 0 Å². The van der Waals surface area contributed by atoms with E-state index in [2.05, 4.69) is 10.6 Å². The van der Waals surface area contributed by atoms with Crippen LogP contribution in [-0.4, -0.2) is 67.7 Å². The quantitative estimate of drug-likeness (QED) is 0.668. The molecule has 2 N–H and O–H groups in total. The van der Waals surface area contributed by atoms with E-state index in [1.54, 1.807) is 0 Å². The predicted octanol–water partition coefficient (Wildman–Crippen LogP) is -0.413. The lowest BCUT2D eigenvalue weighted by Gasteiger charge is -2.31. The maximum absolute atomic E-state index is 12.3. The number of sulfone groups is 1. The Kier molecular flexibility index (Phi) is 5.84. The van der Waals surface area contributed by atoms with Crippen molar-refractivity contribution in [1.82, 2.24) is 15.5 Å². The number of nitrogens with zero attached hydrogens (tertiary/aromatic N) is 1. The van der Waals surface area contributed by atoms with E-state index in [0.29, 0.717) is 13.0 Å². The van der Waals surface area contributed by atoms with Crippen molar-refractivity contribution < 1.29 is 22.8 Å². The topological polar surface area (TPSA) is 113 Å². The highest BCUT2D eigenvalue weighted by Gasteiger charge is 2.38. The third-order valence-electron chi connectivity index (χ3n) is 5.57. The normalized spacial score (nSPS) is 28.9. The standard InChI is InChI=1S/C17H27N3O5S/c21-15(19-13-6-7-26(24,25)11-13)9-18-17(23)12-8-16(22)20(10-12)14-4-2-1-3-5-14/h12-14H,1-11H2,(H,18,23)(H,19,21). The lowest BCUT2D eigenvalue weighted by atomic mass is 9.94. The minimum absolute atomic E-state index is 0.0256. The Balaban J connectivity index is 1.42. The Bertz CT molecular complexity index is 672. The van der Waals surface area contributed by atoms with Crippen LogP contribution in [0, 0.1) is 5.92 Å². The van der Waals surface area contributed by atoms with Gasteiger partial charge in [-0.25, -0.2) is 8.42 Å². The minimum atomic E-state index is -3.05. The second-order valence-corrected chi connectivity index (χ2v) is 9.85. The summed E-state index contributed by atoms with van der Waals surface area (Å²) in [6.07, 6.45) is 6.09. The minimum Gasteiger partial charge on any atom is -0.351 e. The van der Waals surface area contributed by atoms with Crippen LogP contribution in [0.1, 0.15) is 44.9 Å². The number of nitrogens with one attached hydrogen (secondary N) is 2. The molecule has 2 aliphatic heterocycles. The number of likely N-dealkylation sites (tertiary alicyclic amines) is 1. The van der Waals surface area contributed by atoms with Gasteiger partial charge in [-0.3, -0.25) is 14.4 Å². The molecule has 146 valence electrons. The van der Waals surface area contributed by atoms with Gasteiger partial charge in [0, 0.05) is 25.0 Å². The van der Waals surface area contributed by atoms with Crippen LogP contribution in [0.4, 0.5) is 0 Å². The van der Waals surface area contributed by atoms with Gasteiger partial charge in [0.15, 0.2) is 9.84 Å². The fourth-order valence-corrected chi connectivity index (χ4v) is 5.83. The Hall–Kier alpha value is -1.64. The summed E-state index contributed by atoms with van der Waals surface area (Å²) in [5, 5.41) is 5.22. The molecule has 8 nitrogen and oxygen atoms in total. The number of hydrogen-bond acceptors (Lipinski definition) is 5. The van der Waals surface area contributed by atoms with Gasteiger partial charge in [0.25, 0.3) is 0 Å². The molecule has 3 amide bonds. The zero-order valence-electron chi connectivity index (χ0n) is 14.9. The molecule has 9 heteroatoms. The molecule has 0 aromatic rings. The first-order chi connectivity index (χ1) is 12.3. The average Bonchev–Trinajstić information content (AvgIpc) is 3.15. The number of carbonyl (C=O) groups is 3. The summed E-state index contributed by atoms with van der Waals surface area (Å²) < 4.78 is 22.8. The third-order valence-corrected chi connectivity index (χ3v) is 7.33. The Morgan fingerprint density at radius 1 is 1.12 bits per heavy atom.